The van der Waals surface area contributed by atoms with Crippen molar-refractivity contribution in [3.05, 3.63) is 41.4 Å². The molecule has 3 heterocycles. The van der Waals surface area contributed by atoms with Gasteiger partial charge in [-0.2, -0.15) is 0 Å². The molecular formula is C11H10N4OS. The third-order valence-electron chi connectivity index (χ3n) is 2.41. The van der Waals surface area contributed by atoms with Crippen molar-refractivity contribution in [2.45, 2.75) is 13.5 Å². The first-order valence-electron chi connectivity index (χ1n) is 5.17. The summed E-state index contributed by atoms with van der Waals surface area (Å²) in [5.74, 6) is 1.50. The van der Waals surface area contributed by atoms with Crippen LogP contribution in [0.3, 0.4) is 0 Å². The highest BCUT2D eigenvalue weighted by Crippen LogP contribution is 2.25. The predicted octanol–water partition coefficient (Wildman–Crippen LogP) is 2.35. The van der Waals surface area contributed by atoms with E-state index in [1.807, 2.05) is 24.4 Å². The standard InChI is InChI=1S/C11H10N4OS/c1-8-9(7-15-5-4-12-14-15)13-11(16-8)10-3-2-6-17-10/h2-6H,7H2,1H3. The second kappa shape index (κ2) is 4.14. The van der Waals surface area contributed by atoms with Crippen LogP contribution in [-0.4, -0.2) is 20.0 Å². The first-order valence-corrected chi connectivity index (χ1v) is 6.05. The fourth-order valence-electron chi connectivity index (χ4n) is 1.55. The van der Waals surface area contributed by atoms with Crippen LogP contribution in [0.15, 0.2) is 34.3 Å². The van der Waals surface area contributed by atoms with E-state index in [1.54, 1.807) is 28.4 Å². The van der Waals surface area contributed by atoms with Crippen molar-refractivity contribution in [3.63, 3.8) is 0 Å². The normalized spacial score (nSPS) is 10.9. The Morgan fingerprint density at radius 2 is 2.41 bits per heavy atom. The van der Waals surface area contributed by atoms with Crippen molar-refractivity contribution >= 4 is 11.3 Å². The van der Waals surface area contributed by atoms with Crippen LogP contribution < -0.4 is 0 Å². The molecule has 5 nitrogen and oxygen atoms in total. The summed E-state index contributed by atoms with van der Waals surface area (Å²) in [5, 5.41) is 9.68. The zero-order valence-electron chi connectivity index (χ0n) is 9.20. The highest BCUT2D eigenvalue weighted by molar-refractivity contribution is 7.13. The molecule has 3 rings (SSSR count). The summed E-state index contributed by atoms with van der Waals surface area (Å²) < 4.78 is 7.37. The number of oxazole rings is 1. The average molecular weight is 246 g/mol. The van der Waals surface area contributed by atoms with Crippen molar-refractivity contribution in [2.75, 3.05) is 0 Å². The van der Waals surface area contributed by atoms with Gasteiger partial charge in [0.2, 0.25) is 5.89 Å². The number of rotatable bonds is 3. The number of aromatic nitrogens is 4. The van der Waals surface area contributed by atoms with Crippen LogP contribution in [0, 0.1) is 6.92 Å². The molecule has 3 aromatic rings. The highest BCUT2D eigenvalue weighted by Gasteiger charge is 2.12. The molecule has 17 heavy (non-hydrogen) atoms. The zero-order chi connectivity index (χ0) is 11.7. The second-order valence-corrected chi connectivity index (χ2v) is 4.55. The lowest BCUT2D eigenvalue weighted by Gasteiger charge is -1.95. The maximum absolute atomic E-state index is 5.65. The molecule has 86 valence electrons. The Morgan fingerprint density at radius 1 is 1.47 bits per heavy atom. The van der Waals surface area contributed by atoms with Crippen molar-refractivity contribution < 1.29 is 4.42 Å². The lowest BCUT2D eigenvalue weighted by atomic mass is 10.3. The van der Waals surface area contributed by atoms with Gasteiger partial charge < -0.3 is 4.42 Å². The fraction of sp³-hybridized carbons (Fsp3) is 0.182. The van der Waals surface area contributed by atoms with Crippen molar-refractivity contribution in [2.24, 2.45) is 0 Å². The SMILES string of the molecule is Cc1oc(-c2cccs2)nc1Cn1ccnn1. The molecule has 0 N–H and O–H groups in total. The second-order valence-electron chi connectivity index (χ2n) is 3.60. The Labute approximate surface area is 102 Å². The number of hydrogen-bond acceptors (Lipinski definition) is 5. The van der Waals surface area contributed by atoms with Crippen LogP contribution >= 0.6 is 11.3 Å². The topological polar surface area (TPSA) is 56.7 Å². The van der Waals surface area contributed by atoms with Crippen molar-refractivity contribution in [3.8, 4) is 10.8 Å². The van der Waals surface area contributed by atoms with Crippen LogP contribution in [0.5, 0.6) is 0 Å². The summed E-state index contributed by atoms with van der Waals surface area (Å²) in [6.07, 6.45) is 3.45. The summed E-state index contributed by atoms with van der Waals surface area (Å²) in [7, 11) is 0. The molecule has 6 heteroatoms. The summed E-state index contributed by atoms with van der Waals surface area (Å²) in [6.45, 7) is 2.50. The molecule has 0 aliphatic heterocycles. The molecule has 0 bridgehead atoms. The minimum atomic E-state index is 0.584. The molecule has 0 aromatic carbocycles. The molecule has 3 aromatic heterocycles. The number of nitrogens with zero attached hydrogens (tertiary/aromatic N) is 4. The highest BCUT2D eigenvalue weighted by atomic mass is 32.1. The van der Waals surface area contributed by atoms with E-state index in [4.69, 9.17) is 4.42 Å². The fourth-order valence-corrected chi connectivity index (χ4v) is 2.20. The number of hydrogen-bond donors (Lipinski definition) is 0. The minimum absolute atomic E-state index is 0.584. The average Bonchev–Trinajstić information content (AvgIpc) is 3.02. The van der Waals surface area contributed by atoms with Crippen molar-refractivity contribution in [1.29, 1.82) is 0 Å². The Balaban J connectivity index is 1.91. The van der Waals surface area contributed by atoms with E-state index in [-0.39, 0.29) is 0 Å². The monoisotopic (exact) mass is 246 g/mol. The summed E-state index contributed by atoms with van der Waals surface area (Å²) in [6, 6.07) is 3.98. The molecule has 0 amide bonds. The van der Waals surface area contributed by atoms with Crippen LogP contribution in [0.2, 0.25) is 0 Å². The van der Waals surface area contributed by atoms with Gasteiger partial charge in [0.1, 0.15) is 11.5 Å². The Kier molecular flexibility index (Phi) is 2.49. The lowest BCUT2D eigenvalue weighted by Crippen LogP contribution is -2.02. The number of aryl methyl sites for hydroxylation is 1. The molecule has 0 aliphatic rings. The molecule has 0 radical (unpaired) electrons. The third-order valence-corrected chi connectivity index (χ3v) is 3.27. The lowest BCUT2D eigenvalue weighted by molar-refractivity contribution is 0.536. The van der Waals surface area contributed by atoms with Gasteiger partial charge in [0.05, 0.1) is 17.6 Å². The van der Waals surface area contributed by atoms with Crippen LogP contribution in [-0.2, 0) is 6.54 Å². The maximum Gasteiger partial charge on any atom is 0.236 e. The van der Waals surface area contributed by atoms with E-state index in [1.165, 1.54) is 0 Å². The van der Waals surface area contributed by atoms with Gasteiger partial charge in [-0.1, -0.05) is 11.3 Å². The van der Waals surface area contributed by atoms with E-state index >= 15 is 0 Å². The molecule has 0 aliphatic carbocycles. The summed E-state index contributed by atoms with van der Waals surface area (Å²) in [5.41, 5.74) is 0.888. The minimum Gasteiger partial charge on any atom is -0.440 e. The van der Waals surface area contributed by atoms with Gasteiger partial charge in [0.25, 0.3) is 0 Å². The van der Waals surface area contributed by atoms with Gasteiger partial charge in [0, 0.05) is 6.20 Å². The van der Waals surface area contributed by atoms with Crippen LogP contribution in [0.25, 0.3) is 10.8 Å². The van der Waals surface area contributed by atoms with E-state index in [9.17, 15) is 0 Å². The molecule has 0 saturated carbocycles. The molecule has 0 unspecified atom stereocenters. The van der Waals surface area contributed by atoms with Gasteiger partial charge in [-0.15, -0.1) is 16.4 Å². The first kappa shape index (κ1) is 10.2. The van der Waals surface area contributed by atoms with E-state index < -0.39 is 0 Å². The van der Waals surface area contributed by atoms with E-state index in [0.29, 0.717) is 12.4 Å². The van der Waals surface area contributed by atoms with Crippen molar-refractivity contribution in [1.82, 2.24) is 20.0 Å². The van der Waals surface area contributed by atoms with Gasteiger partial charge in [0.15, 0.2) is 0 Å². The van der Waals surface area contributed by atoms with Gasteiger partial charge in [-0.25, -0.2) is 9.67 Å². The molecule has 0 saturated heterocycles. The van der Waals surface area contributed by atoms with Crippen LogP contribution in [0.1, 0.15) is 11.5 Å². The summed E-state index contributed by atoms with van der Waals surface area (Å²) in [4.78, 5) is 5.52. The molecular weight excluding hydrogens is 236 g/mol. The zero-order valence-corrected chi connectivity index (χ0v) is 10.0. The van der Waals surface area contributed by atoms with Gasteiger partial charge in [-0.3, -0.25) is 0 Å². The Bertz CT molecular complexity index is 598. The smallest absolute Gasteiger partial charge is 0.236 e. The Hall–Kier alpha value is -1.95. The predicted molar refractivity (Wildman–Crippen MR) is 63.7 cm³/mol. The maximum atomic E-state index is 5.65. The first-order chi connectivity index (χ1) is 8.33. The Morgan fingerprint density at radius 3 is 3.12 bits per heavy atom. The van der Waals surface area contributed by atoms with E-state index in [2.05, 4.69) is 15.3 Å². The third kappa shape index (κ3) is 1.99. The quantitative estimate of drug-likeness (QED) is 0.711. The molecule has 0 spiro atoms. The summed E-state index contributed by atoms with van der Waals surface area (Å²) >= 11 is 1.61. The van der Waals surface area contributed by atoms with Crippen LogP contribution in [0.4, 0.5) is 0 Å². The largest absolute Gasteiger partial charge is 0.440 e. The molecule has 0 atom stereocenters. The molecule has 0 fully saturated rings. The van der Waals surface area contributed by atoms with Gasteiger partial charge >= 0.3 is 0 Å². The van der Waals surface area contributed by atoms with Gasteiger partial charge in [-0.05, 0) is 18.4 Å². The number of thiophene rings is 1. The van der Waals surface area contributed by atoms with E-state index in [0.717, 1.165) is 16.3 Å².